The number of hydrogen-bond donors (Lipinski definition) is 0. The molecule has 7 heteroatoms. The summed E-state index contributed by atoms with van der Waals surface area (Å²) in [6.45, 7) is 6.62. The minimum Gasteiger partial charge on any atom is -0.352 e. The van der Waals surface area contributed by atoms with Crippen molar-refractivity contribution in [1.82, 2.24) is 24.6 Å². The van der Waals surface area contributed by atoms with Gasteiger partial charge in [0.05, 0.1) is 11.4 Å². The first kappa shape index (κ1) is 21.3. The van der Waals surface area contributed by atoms with Crippen LogP contribution in [0.5, 0.6) is 0 Å². The molecule has 0 spiro atoms. The van der Waals surface area contributed by atoms with E-state index in [9.17, 15) is 4.39 Å². The van der Waals surface area contributed by atoms with Crippen LogP contribution in [-0.2, 0) is 13.0 Å². The lowest BCUT2D eigenvalue weighted by atomic mass is 10.1. The lowest BCUT2D eigenvalue weighted by Gasteiger charge is -2.35. The summed E-state index contributed by atoms with van der Waals surface area (Å²) < 4.78 is 15.4. The molecule has 0 N–H and O–H groups in total. The fourth-order valence-corrected chi connectivity index (χ4v) is 4.32. The van der Waals surface area contributed by atoms with Crippen LogP contribution in [0.15, 0.2) is 73.2 Å². The Balaban J connectivity index is 1.28. The van der Waals surface area contributed by atoms with Crippen LogP contribution in [0.25, 0.3) is 16.9 Å². The predicted octanol–water partition coefficient (Wildman–Crippen LogP) is 4.35. The largest absolute Gasteiger partial charge is 0.352 e. The number of aryl methyl sites for hydroxylation is 1. The van der Waals surface area contributed by atoms with Crippen molar-refractivity contribution in [1.29, 1.82) is 0 Å². The highest BCUT2D eigenvalue weighted by Gasteiger charge is 2.22. The number of rotatable bonds is 6. The first-order valence-electron chi connectivity index (χ1n) is 11.4. The van der Waals surface area contributed by atoms with Gasteiger partial charge in [-0.15, -0.1) is 0 Å². The second-order valence-corrected chi connectivity index (χ2v) is 8.23. The topological polar surface area (TPSA) is 50.1 Å². The number of aromatic nitrogens is 4. The van der Waals surface area contributed by atoms with E-state index in [1.54, 1.807) is 24.5 Å². The van der Waals surface area contributed by atoms with Gasteiger partial charge in [-0.25, -0.2) is 14.1 Å². The van der Waals surface area contributed by atoms with Crippen molar-refractivity contribution in [2.45, 2.75) is 19.9 Å². The maximum absolute atomic E-state index is 13.4. The van der Waals surface area contributed by atoms with Crippen LogP contribution in [0, 0.1) is 5.82 Å². The Morgan fingerprint density at radius 2 is 1.61 bits per heavy atom. The molecule has 6 nitrogen and oxygen atoms in total. The molecule has 1 fully saturated rings. The predicted molar refractivity (Wildman–Crippen MR) is 128 cm³/mol. The first-order chi connectivity index (χ1) is 16.2. The molecule has 1 aliphatic heterocycles. The highest BCUT2D eigenvalue weighted by atomic mass is 19.1. The summed E-state index contributed by atoms with van der Waals surface area (Å²) >= 11 is 0. The van der Waals surface area contributed by atoms with E-state index >= 15 is 0 Å². The van der Waals surface area contributed by atoms with E-state index in [-0.39, 0.29) is 5.82 Å². The summed E-state index contributed by atoms with van der Waals surface area (Å²) in [4.78, 5) is 13.9. The number of anilines is 1. The number of piperazine rings is 1. The minimum atomic E-state index is -0.250. The Morgan fingerprint density at radius 3 is 2.33 bits per heavy atom. The summed E-state index contributed by atoms with van der Waals surface area (Å²) in [5, 5.41) is 4.81. The van der Waals surface area contributed by atoms with Crippen LogP contribution in [0.4, 0.5) is 10.2 Å². The van der Waals surface area contributed by atoms with Gasteiger partial charge in [-0.05, 0) is 42.8 Å². The van der Waals surface area contributed by atoms with E-state index in [1.807, 2.05) is 22.9 Å². The molecule has 168 valence electrons. The van der Waals surface area contributed by atoms with Crippen molar-refractivity contribution in [3.8, 4) is 16.9 Å². The van der Waals surface area contributed by atoms with Gasteiger partial charge in [0.25, 0.3) is 0 Å². The summed E-state index contributed by atoms with van der Waals surface area (Å²) in [5.41, 5.74) is 5.18. The van der Waals surface area contributed by atoms with E-state index in [2.05, 4.69) is 45.0 Å². The van der Waals surface area contributed by atoms with Crippen LogP contribution < -0.4 is 4.90 Å². The maximum Gasteiger partial charge on any atom is 0.155 e. The number of halogens is 1. The van der Waals surface area contributed by atoms with Gasteiger partial charge >= 0.3 is 0 Å². The quantitative estimate of drug-likeness (QED) is 0.444. The maximum atomic E-state index is 13.4. The summed E-state index contributed by atoms with van der Waals surface area (Å²) in [6.07, 6.45) is 6.49. The van der Waals surface area contributed by atoms with Gasteiger partial charge in [0.1, 0.15) is 11.5 Å². The van der Waals surface area contributed by atoms with Crippen LogP contribution in [-0.4, -0.2) is 50.8 Å². The molecule has 0 aliphatic carbocycles. The van der Waals surface area contributed by atoms with Crippen LogP contribution in [0.1, 0.15) is 18.2 Å². The van der Waals surface area contributed by atoms with E-state index in [1.165, 1.54) is 17.7 Å². The highest BCUT2D eigenvalue weighted by Crippen LogP contribution is 2.28. The smallest absolute Gasteiger partial charge is 0.155 e. The zero-order valence-electron chi connectivity index (χ0n) is 18.7. The molecule has 4 aromatic rings. The fraction of sp³-hybridized carbons (Fsp3) is 0.269. The van der Waals surface area contributed by atoms with Gasteiger partial charge in [0, 0.05) is 62.4 Å². The molecule has 3 heterocycles. The second kappa shape index (κ2) is 9.50. The van der Waals surface area contributed by atoms with Gasteiger partial charge in [0.2, 0.25) is 0 Å². The van der Waals surface area contributed by atoms with Gasteiger partial charge in [-0.3, -0.25) is 9.88 Å². The first-order valence-corrected chi connectivity index (χ1v) is 11.4. The molecule has 0 saturated carbocycles. The monoisotopic (exact) mass is 442 g/mol. The summed E-state index contributed by atoms with van der Waals surface area (Å²) in [7, 11) is 0. The zero-order chi connectivity index (χ0) is 22.6. The SMILES string of the molecule is CCc1nn(-c2ccccc2)cc1CN1CCN(c2nccnc2-c2ccc(F)cc2)CC1. The lowest BCUT2D eigenvalue weighted by molar-refractivity contribution is 0.248. The van der Waals surface area contributed by atoms with Crippen molar-refractivity contribution in [2.75, 3.05) is 31.1 Å². The molecular weight excluding hydrogens is 415 g/mol. The normalized spacial score (nSPS) is 14.5. The minimum absolute atomic E-state index is 0.250. The average Bonchev–Trinajstić information content (AvgIpc) is 3.28. The highest BCUT2D eigenvalue weighted by molar-refractivity contribution is 5.72. The second-order valence-electron chi connectivity index (χ2n) is 8.23. The van der Waals surface area contributed by atoms with Crippen molar-refractivity contribution in [2.24, 2.45) is 0 Å². The van der Waals surface area contributed by atoms with Crippen molar-refractivity contribution in [3.63, 3.8) is 0 Å². The molecule has 0 atom stereocenters. The van der Waals surface area contributed by atoms with Crippen LogP contribution >= 0.6 is 0 Å². The Labute approximate surface area is 193 Å². The van der Waals surface area contributed by atoms with Crippen molar-refractivity contribution >= 4 is 5.82 Å². The number of para-hydroxylation sites is 1. The number of benzene rings is 2. The van der Waals surface area contributed by atoms with Gasteiger partial charge < -0.3 is 4.90 Å². The zero-order valence-corrected chi connectivity index (χ0v) is 18.7. The summed E-state index contributed by atoms with van der Waals surface area (Å²) in [6, 6.07) is 16.7. The molecule has 5 rings (SSSR count). The Bertz CT molecular complexity index is 1200. The van der Waals surface area contributed by atoms with Crippen LogP contribution in [0.2, 0.25) is 0 Å². The third kappa shape index (κ3) is 4.64. The van der Waals surface area contributed by atoms with Gasteiger partial charge in [-0.1, -0.05) is 25.1 Å². The number of nitrogens with zero attached hydrogens (tertiary/aromatic N) is 6. The molecule has 0 amide bonds. The molecule has 1 saturated heterocycles. The Kier molecular flexibility index (Phi) is 6.13. The number of hydrogen-bond acceptors (Lipinski definition) is 5. The van der Waals surface area contributed by atoms with Crippen molar-refractivity contribution in [3.05, 3.63) is 90.3 Å². The van der Waals surface area contributed by atoms with E-state index < -0.39 is 0 Å². The molecule has 0 bridgehead atoms. The third-order valence-corrected chi connectivity index (χ3v) is 6.10. The van der Waals surface area contributed by atoms with E-state index in [0.29, 0.717) is 0 Å². The molecule has 33 heavy (non-hydrogen) atoms. The van der Waals surface area contributed by atoms with Crippen molar-refractivity contribution < 1.29 is 4.39 Å². The third-order valence-electron chi connectivity index (χ3n) is 6.10. The molecular formula is C26H27FN6. The Hall–Kier alpha value is -3.58. The fourth-order valence-electron chi connectivity index (χ4n) is 4.32. The molecule has 0 unspecified atom stereocenters. The molecule has 0 radical (unpaired) electrons. The standard InChI is InChI=1S/C26H27FN6/c1-2-24-21(19-33(30-24)23-6-4-3-5-7-23)18-31-14-16-32(17-15-31)26-25(28-12-13-29-26)20-8-10-22(27)11-9-20/h3-13,19H,2,14-18H2,1H3. The van der Waals surface area contributed by atoms with Crippen LogP contribution in [0.3, 0.4) is 0 Å². The molecule has 2 aromatic heterocycles. The van der Waals surface area contributed by atoms with Gasteiger partial charge in [-0.2, -0.15) is 5.10 Å². The molecule has 2 aromatic carbocycles. The van der Waals surface area contributed by atoms with E-state index in [4.69, 9.17) is 5.10 Å². The summed E-state index contributed by atoms with van der Waals surface area (Å²) in [5.74, 6) is 0.606. The Morgan fingerprint density at radius 1 is 0.879 bits per heavy atom. The average molecular weight is 443 g/mol. The lowest BCUT2D eigenvalue weighted by Crippen LogP contribution is -2.46. The molecule has 1 aliphatic rings. The van der Waals surface area contributed by atoms with E-state index in [0.717, 1.165) is 67.6 Å². The van der Waals surface area contributed by atoms with Gasteiger partial charge in [0.15, 0.2) is 5.82 Å².